The van der Waals surface area contributed by atoms with Gasteiger partial charge in [0, 0.05) is 18.0 Å². The number of aromatic amines is 1. The van der Waals surface area contributed by atoms with Crippen molar-refractivity contribution in [2.24, 2.45) is 0 Å². The molecule has 154 valence electrons. The molecule has 0 aliphatic rings. The van der Waals surface area contributed by atoms with Crippen LogP contribution in [-0.2, 0) is 0 Å². The molecule has 0 unspecified atom stereocenters. The van der Waals surface area contributed by atoms with Crippen molar-refractivity contribution in [3.8, 4) is 11.8 Å². The lowest BCUT2D eigenvalue weighted by Gasteiger charge is -2.13. The number of aryl methyl sites for hydroxylation is 3. The largest absolute Gasteiger partial charge is 0.490 e. The predicted octanol–water partition coefficient (Wildman–Crippen LogP) is 4.07. The summed E-state index contributed by atoms with van der Waals surface area (Å²) in [6.45, 7) is 6.62. The van der Waals surface area contributed by atoms with Gasteiger partial charge in [-0.1, -0.05) is 0 Å². The first-order valence-corrected chi connectivity index (χ1v) is 8.56. The van der Waals surface area contributed by atoms with Gasteiger partial charge in [0.25, 0.3) is 0 Å². The van der Waals surface area contributed by atoms with Gasteiger partial charge in [-0.2, -0.15) is 10.4 Å². The first-order valence-electron chi connectivity index (χ1n) is 8.56. The van der Waals surface area contributed by atoms with Crippen molar-refractivity contribution in [2.75, 3.05) is 23.8 Å². The van der Waals surface area contributed by atoms with Crippen LogP contribution in [0, 0.1) is 32.1 Å². The zero-order valence-corrected chi connectivity index (χ0v) is 17.9. The van der Waals surface area contributed by atoms with Crippen LogP contribution in [0.3, 0.4) is 0 Å². The van der Waals surface area contributed by atoms with E-state index in [0.29, 0.717) is 36.2 Å². The molecule has 3 N–H and O–H groups in total. The number of pyridine rings is 2. The molecule has 0 amide bonds. The van der Waals surface area contributed by atoms with Crippen LogP contribution in [0.4, 0.5) is 17.5 Å². The number of halogens is 2. The summed E-state index contributed by atoms with van der Waals surface area (Å²) in [5.74, 6) is 2.54. The predicted molar refractivity (Wildman–Crippen MR) is 118 cm³/mol. The van der Waals surface area contributed by atoms with E-state index in [1.807, 2.05) is 45.0 Å². The molecule has 3 rings (SSSR count). The molecule has 0 saturated heterocycles. The minimum atomic E-state index is 0. The zero-order valence-electron chi connectivity index (χ0n) is 16.3. The fraction of sp³-hybridized carbons (Fsp3) is 0.263. The first kappa shape index (κ1) is 24.0. The smallest absolute Gasteiger partial charge is 0.153 e. The Labute approximate surface area is 181 Å². The molecule has 3 aromatic rings. The standard InChI is InChI=1S/C19H21N7O.2ClH/c1-12-9-17(23-18-10-13(2)25-26-18)24-19(15(12)11-20)22-7-8-27-16-5-4-6-21-14(16)3;;/h4-6,9-10H,7-8H2,1-3H3,(H3,22,23,24,25,26);2*1H. The molecule has 0 bridgehead atoms. The SMILES string of the molecule is Cc1cc(Nc2cc(C)c(C#N)c(NCCOc3cccnc3C)n2)n[nH]1.Cl.Cl. The summed E-state index contributed by atoms with van der Waals surface area (Å²) in [4.78, 5) is 8.70. The maximum absolute atomic E-state index is 9.45. The number of nitrogens with one attached hydrogen (secondary N) is 3. The van der Waals surface area contributed by atoms with Gasteiger partial charge in [0.05, 0.1) is 17.8 Å². The molecule has 3 aromatic heterocycles. The Morgan fingerprint density at radius 2 is 1.97 bits per heavy atom. The van der Waals surface area contributed by atoms with E-state index in [0.717, 1.165) is 22.7 Å². The number of H-pyrrole nitrogens is 1. The normalized spacial score (nSPS) is 9.59. The Morgan fingerprint density at radius 1 is 1.17 bits per heavy atom. The van der Waals surface area contributed by atoms with E-state index in [2.05, 4.69) is 36.9 Å². The minimum absolute atomic E-state index is 0. The van der Waals surface area contributed by atoms with Crippen LogP contribution >= 0.6 is 24.8 Å². The van der Waals surface area contributed by atoms with E-state index < -0.39 is 0 Å². The van der Waals surface area contributed by atoms with Crippen molar-refractivity contribution in [3.05, 3.63) is 53.0 Å². The Balaban J connectivity index is 0.00000210. The number of hydrogen-bond acceptors (Lipinski definition) is 7. The van der Waals surface area contributed by atoms with E-state index in [9.17, 15) is 5.26 Å². The second kappa shape index (κ2) is 11.1. The van der Waals surface area contributed by atoms with Gasteiger partial charge >= 0.3 is 0 Å². The summed E-state index contributed by atoms with van der Waals surface area (Å²) < 4.78 is 5.73. The lowest BCUT2D eigenvalue weighted by Crippen LogP contribution is -2.14. The average Bonchev–Trinajstić information content (AvgIpc) is 3.04. The highest BCUT2D eigenvalue weighted by Gasteiger charge is 2.11. The zero-order chi connectivity index (χ0) is 19.2. The Morgan fingerprint density at radius 3 is 2.62 bits per heavy atom. The number of hydrogen-bond donors (Lipinski definition) is 3. The summed E-state index contributed by atoms with van der Waals surface area (Å²) >= 11 is 0. The summed E-state index contributed by atoms with van der Waals surface area (Å²) in [7, 11) is 0. The highest BCUT2D eigenvalue weighted by molar-refractivity contribution is 5.85. The summed E-state index contributed by atoms with van der Waals surface area (Å²) in [5, 5.41) is 22.8. The third kappa shape index (κ3) is 6.24. The molecule has 0 aromatic carbocycles. The molecule has 0 atom stereocenters. The van der Waals surface area contributed by atoms with Crippen LogP contribution in [0.5, 0.6) is 5.75 Å². The molecular formula is C19H23Cl2N7O. The van der Waals surface area contributed by atoms with Gasteiger partial charge in [0.2, 0.25) is 0 Å². The highest BCUT2D eigenvalue weighted by atomic mass is 35.5. The molecule has 10 heteroatoms. The fourth-order valence-electron chi connectivity index (χ4n) is 2.57. The van der Waals surface area contributed by atoms with Gasteiger partial charge in [-0.3, -0.25) is 10.1 Å². The molecule has 0 saturated carbocycles. The molecule has 29 heavy (non-hydrogen) atoms. The summed E-state index contributed by atoms with van der Waals surface area (Å²) in [5.41, 5.74) is 3.12. The third-order valence-electron chi connectivity index (χ3n) is 3.90. The van der Waals surface area contributed by atoms with E-state index >= 15 is 0 Å². The van der Waals surface area contributed by atoms with Crippen molar-refractivity contribution in [1.82, 2.24) is 20.2 Å². The van der Waals surface area contributed by atoms with Crippen LogP contribution in [0.2, 0.25) is 0 Å². The molecule has 0 spiro atoms. The molecule has 8 nitrogen and oxygen atoms in total. The van der Waals surface area contributed by atoms with Crippen LogP contribution in [0.1, 0.15) is 22.5 Å². The molecule has 0 radical (unpaired) electrons. The number of ether oxygens (including phenoxy) is 1. The Kier molecular flexibility index (Phi) is 9.19. The summed E-state index contributed by atoms with van der Waals surface area (Å²) in [6.07, 6.45) is 1.73. The van der Waals surface area contributed by atoms with Crippen molar-refractivity contribution >= 4 is 42.3 Å². The monoisotopic (exact) mass is 435 g/mol. The molecule has 0 fully saturated rings. The quantitative estimate of drug-likeness (QED) is 0.479. The van der Waals surface area contributed by atoms with Crippen LogP contribution in [0.25, 0.3) is 0 Å². The van der Waals surface area contributed by atoms with Crippen LogP contribution in [0.15, 0.2) is 30.5 Å². The number of nitriles is 1. The van der Waals surface area contributed by atoms with E-state index in [-0.39, 0.29) is 24.8 Å². The van der Waals surface area contributed by atoms with E-state index in [1.54, 1.807) is 6.20 Å². The molecule has 3 heterocycles. The maximum atomic E-state index is 9.45. The van der Waals surface area contributed by atoms with Gasteiger partial charge < -0.3 is 15.4 Å². The number of nitrogens with zero attached hydrogens (tertiary/aromatic N) is 4. The molecule has 0 aliphatic carbocycles. The lowest BCUT2D eigenvalue weighted by atomic mass is 10.1. The third-order valence-corrected chi connectivity index (χ3v) is 3.90. The number of aromatic nitrogens is 4. The van der Waals surface area contributed by atoms with Crippen LogP contribution in [-0.4, -0.2) is 33.3 Å². The van der Waals surface area contributed by atoms with E-state index in [1.165, 1.54) is 0 Å². The van der Waals surface area contributed by atoms with Gasteiger partial charge in [-0.15, -0.1) is 24.8 Å². The van der Waals surface area contributed by atoms with Crippen LogP contribution < -0.4 is 15.4 Å². The highest BCUT2D eigenvalue weighted by Crippen LogP contribution is 2.22. The van der Waals surface area contributed by atoms with Gasteiger partial charge in [-0.25, -0.2) is 4.98 Å². The van der Waals surface area contributed by atoms with Gasteiger partial charge in [-0.05, 0) is 44.5 Å². The van der Waals surface area contributed by atoms with Crippen molar-refractivity contribution in [1.29, 1.82) is 5.26 Å². The topological polar surface area (TPSA) is 112 Å². The number of rotatable bonds is 7. The van der Waals surface area contributed by atoms with Gasteiger partial charge in [0.15, 0.2) is 5.82 Å². The maximum Gasteiger partial charge on any atom is 0.153 e. The Bertz CT molecular complexity index is 985. The van der Waals surface area contributed by atoms with E-state index in [4.69, 9.17) is 4.74 Å². The lowest BCUT2D eigenvalue weighted by molar-refractivity contribution is 0.329. The van der Waals surface area contributed by atoms with Gasteiger partial charge in [0.1, 0.15) is 30.1 Å². The second-order valence-electron chi connectivity index (χ2n) is 6.08. The molecule has 0 aliphatic heterocycles. The minimum Gasteiger partial charge on any atom is -0.490 e. The number of anilines is 3. The summed E-state index contributed by atoms with van der Waals surface area (Å²) in [6, 6.07) is 9.62. The van der Waals surface area contributed by atoms with Crippen molar-refractivity contribution in [3.63, 3.8) is 0 Å². The first-order chi connectivity index (χ1) is 13.1. The van der Waals surface area contributed by atoms with Crippen molar-refractivity contribution in [2.45, 2.75) is 20.8 Å². The Hall–Kier alpha value is -3.02. The average molecular weight is 436 g/mol. The second-order valence-corrected chi connectivity index (χ2v) is 6.08. The molecular weight excluding hydrogens is 413 g/mol. The fourth-order valence-corrected chi connectivity index (χ4v) is 2.57. The van der Waals surface area contributed by atoms with Crippen molar-refractivity contribution < 1.29 is 4.74 Å².